The van der Waals surface area contributed by atoms with Crippen LogP contribution in [0.5, 0.6) is 11.5 Å². The van der Waals surface area contributed by atoms with Crippen molar-refractivity contribution < 1.29 is 9.47 Å². The number of ether oxygens (including phenoxy) is 2. The third-order valence-electron chi connectivity index (χ3n) is 4.23. The molecule has 29 heavy (non-hydrogen) atoms. The molecule has 0 aliphatic carbocycles. The molecular weight excluding hydrogens is 452 g/mol. The van der Waals surface area contributed by atoms with E-state index in [2.05, 4.69) is 5.32 Å². The van der Waals surface area contributed by atoms with Crippen LogP contribution in [-0.2, 0) is 19.7 Å². The Morgan fingerprint density at radius 3 is 2.31 bits per heavy atom. The first-order valence-electron chi connectivity index (χ1n) is 8.74. The number of hydrogen-bond donors (Lipinski definition) is 1. The van der Waals surface area contributed by atoms with Crippen LogP contribution in [0.25, 0.3) is 0 Å². The zero-order valence-electron chi connectivity index (χ0n) is 15.8. The summed E-state index contributed by atoms with van der Waals surface area (Å²) in [5.41, 5.74) is 3.01. The lowest BCUT2D eigenvalue weighted by molar-refractivity contribution is 0.284. The van der Waals surface area contributed by atoms with Crippen LogP contribution in [0.15, 0.2) is 60.7 Å². The highest BCUT2D eigenvalue weighted by molar-refractivity contribution is 6.35. The van der Waals surface area contributed by atoms with E-state index >= 15 is 0 Å². The van der Waals surface area contributed by atoms with Gasteiger partial charge >= 0.3 is 0 Å². The van der Waals surface area contributed by atoms with Crippen molar-refractivity contribution in [2.24, 2.45) is 0 Å². The van der Waals surface area contributed by atoms with Gasteiger partial charge < -0.3 is 14.8 Å². The van der Waals surface area contributed by atoms with Gasteiger partial charge in [-0.25, -0.2) is 0 Å². The molecule has 0 spiro atoms. The molecular formula is C22H21Cl4NO2. The molecule has 0 saturated carbocycles. The van der Waals surface area contributed by atoms with Crippen molar-refractivity contribution >= 4 is 47.2 Å². The fourth-order valence-electron chi connectivity index (χ4n) is 2.72. The predicted molar refractivity (Wildman–Crippen MR) is 123 cm³/mol. The van der Waals surface area contributed by atoms with Crippen molar-refractivity contribution in [3.8, 4) is 11.5 Å². The summed E-state index contributed by atoms with van der Waals surface area (Å²) in [5, 5.41) is 5.32. The summed E-state index contributed by atoms with van der Waals surface area (Å²) in [6.45, 7) is 1.71. The quantitative estimate of drug-likeness (QED) is 0.384. The highest BCUT2D eigenvalue weighted by Gasteiger charge is 2.08. The van der Waals surface area contributed by atoms with Crippen molar-refractivity contribution in [1.29, 1.82) is 0 Å². The van der Waals surface area contributed by atoms with Gasteiger partial charge in [0.05, 0.1) is 7.11 Å². The maximum Gasteiger partial charge on any atom is 0.161 e. The number of halogens is 4. The Bertz CT molecular complexity index is 950. The Kier molecular flexibility index (Phi) is 9.41. The third-order valence-corrected chi connectivity index (χ3v) is 5.18. The number of nitrogens with one attached hydrogen (secondary N) is 1. The van der Waals surface area contributed by atoms with Crippen LogP contribution in [0.3, 0.4) is 0 Å². The molecule has 3 aromatic rings. The van der Waals surface area contributed by atoms with E-state index in [1.165, 1.54) is 0 Å². The summed E-state index contributed by atoms with van der Waals surface area (Å²) in [5.74, 6) is 1.32. The second kappa shape index (κ2) is 11.5. The minimum Gasteiger partial charge on any atom is -0.493 e. The summed E-state index contributed by atoms with van der Waals surface area (Å²) in [6, 6.07) is 19.0. The van der Waals surface area contributed by atoms with Gasteiger partial charge in [-0.05, 0) is 41.5 Å². The lowest BCUT2D eigenvalue weighted by Gasteiger charge is -2.13. The summed E-state index contributed by atoms with van der Waals surface area (Å²) < 4.78 is 11.4. The molecule has 3 rings (SSSR count). The van der Waals surface area contributed by atoms with Gasteiger partial charge in [0.25, 0.3) is 0 Å². The summed E-state index contributed by atoms with van der Waals surface area (Å²) in [4.78, 5) is 0. The number of rotatable bonds is 8. The van der Waals surface area contributed by atoms with Crippen LogP contribution in [0.4, 0.5) is 0 Å². The molecule has 0 aromatic heterocycles. The maximum absolute atomic E-state index is 6.20. The average molecular weight is 473 g/mol. The Morgan fingerprint density at radius 2 is 1.59 bits per heavy atom. The summed E-state index contributed by atoms with van der Waals surface area (Å²) in [6.07, 6.45) is 0. The lowest BCUT2D eigenvalue weighted by Crippen LogP contribution is -2.13. The van der Waals surface area contributed by atoms with Crippen molar-refractivity contribution in [1.82, 2.24) is 5.32 Å². The monoisotopic (exact) mass is 471 g/mol. The third kappa shape index (κ3) is 6.70. The van der Waals surface area contributed by atoms with Crippen LogP contribution >= 0.6 is 47.2 Å². The van der Waals surface area contributed by atoms with Gasteiger partial charge in [-0.3, -0.25) is 0 Å². The molecule has 0 atom stereocenters. The van der Waals surface area contributed by atoms with Gasteiger partial charge in [0.15, 0.2) is 11.5 Å². The van der Waals surface area contributed by atoms with Crippen molar-refractivity contribution in [3.05, 3.63) is 92.4 Å². The summed E-state index contributed by atoms with van der Waals surface area (Å²) in [7, 11) is 1.62. The van der Waals surface area contributed by atoms with Gasteiger partial charge in [0.2, 0.25) is 0 Å². The molecule has 0 aliphatic heterocycles. The molecule has 0 amide bonds. The topological polar surface area (TPSA) is 30.5 Å². The van der Waals surface area contributed by atoms with Gasteiger partial charge in [-0.2, -0.15) is 0 Å². The second-order valence-electron chi connectivity index (χ2n) is 6.20. The van der Waals surface area contributed by atoms with Crippen LogP contribution in [-0.4, -0.2) is 7.11 Å². The van der Waals surface area contributed by atoms with E-state index in [4.69, 9.17) is 44.3 Å². The Balaban J connectivity index is 0.00000300. The minimum atomic E-state index is 0. The van der Waals surface area contributed by atoms with Gasteiger partial charge in [0, 0.05) is 33.7 Å². The van der Waals surface area contributed by atoms with E-state index in [9.17, 15) is 0 Å². The molecule has 0 saturated heterocycles. The van der Waals surface area contributed by atoms with Gasteiger partial charge in [-0.1, -0.05) is 65.1 Å². The molecule has 154 valence electrons. The van der Waals surface area contributed by atoms with Crippen molar-refractivity contribution in [2.75, 3.05) is 7.11 Å². The van der Waals surface area contributed by atoms with E-state index in [0.717, 1.165) is 21.7 Å². The molecule has 0 heterocycles. The van der Waals surface area contributed by atoms with Gasteiger partial charge in [-0.15, -0.1) is 12.4 Å². The standard InChI is InChI=1S/C22H20Cl3NO2.ClH/c1-27-22-10-15(12-26-13-16-4-2-3-5-19(16)24)6-9-21(22)28-14-17-7-8-18(23)11-20(17)25;/h2-11,26H,12-14H2,1H3;1H. The van der Waals surface area contributed by atoms with E-state index < -0.39 is 0 Å². The Labute approximate surface area is 192 Å². The maximum atomic E-state index is 6.20. The molecule has 3 aromatic carbocycles. The molecule has 7 heteroatoms. The second-order valence-corrected chi connectivity index (χ2v) is 7.46. The highest BCUT2D eigenvalue weighted by atomic mass is 35.5. The van der Waals surface area contributed by atoms with E-state index in [-0.39, 0.29) is 12.4 Å². The molecule has 0 radical (unpaired) electrons. The normalized spacial score (nSPS) is 10.3. The molecule has 3 nitrogen and oxygen atoms in total. The largest absolute Gasteiger partial charge is 0.493 e. The van der Waals surface area contributed by atoms with Crippen LogP contribution in [0, 0.1) is 0 Å². The Hall–Kier alpha value is -1.62. The van der Waals surface area contributed by atoms with E-state index in [0.29, 0.717) is 41.2 Å². The molecule has 0 aliphatic rings. The summed E-state index contributed by atoms with van der Waals surface area (Å²) >= 11 is 18.3. The lowest BCUT2D eigenvalue weighted by atomic mass is 10.2. The number of benzene rings is 3. The molecule has 0 unspecified atom stereocenters. The average Bonchev–Trinajstić information content (AvgIpc) is 2.69. The fraction of sp³-hybridized carbons (Fsp3) is 0.182. The van der Waals surface area contributed by atoms with E-state index in [1.807, 2.05) is 48.5 Å². The van der Waals surface area contributed by atoms with E-state index in [1.54, 1.807) is 19.2 Å². The predicted octanol–water partition coefficient (Wildman–Crippen LogP) is 6.95. The zero-order valence-corrected chi connectivity index (χ0v) is 18.8. The first kappa shape index (κ1) is 23.7. The number of hydrogen-bond acceptors (Lipinski definition) is 3. The minimum absolute atomic E-state index is 0. The fourth-order valence-corrected chi connectivity index (χ4v) is 3.38. The first-order chi connectivity index (χ1) is 13.6. The van der Waals surface area contributed by atoms with Crippen molar-refractivity contribution in [2.45, 2.75) is 19.7 Å². The molecule has 1 N–H and O–H groups in total. The van der Waals surface area contributed by atoms with Crippen LogP contribution in [0.1, 0.15) is 16.7 Å². The van der Waals surface area contributed by atoms with Crippen molar-refractivity contribution in [3.63, 3.8) is 0 Å². The van der Waals surface area contributed by atoms with Gasteiger partial charge in [0.1, 0.15) is 6.61 Å². The smallest absolute Gasteiger partial charge is 0.161 e. The Morgan fingerprint density at radius 1 is 0.793 bits per heavy atom. The molecule has 0 fully saturated rings. The number of methoxy groups -OCH3 is 1. The highest BCUT2D eigenvalue weighted by Crippen LogP contribution is 2.30. The first-order valence-corrected chi connectivity index (χ1v) is 9.88. The SMILES string of the molecule is COc1cc(CNCc2ccccc2Cl)ccc1OCc1ccc(Cl)cc1Cl.Cl. The zero-order chi connectivity index (χ0) is 19.9. The van der Waals surface area contributed by atoms with Crippen LogP contribution < -0.4 is 14.8 Å². The molecule has 0 bridgehead atoms. The van der Waals surface area contributed by atoms with Crippen LogP contribution in [0.2, 0.25) is 15.1 Å².